The molecule has 0 bridgehead atoms. The molecule has 2 aliphatic carbocycles. The third-order valence-corrected chi connectivity index (χ3v) is 7.53. The summed E-state index contributed by atoms with van der Waals surface area (Å²) in [5.41, 5.74) is 5.49. The number of hydrogen-bond acceptors (Lipinski definition) is 5. The normalized spacial score (nSPS) is 26.5. The molecule has 0 saturated heterocycles. The lowest BCUT2D eigenvalue weighted by Gasteiger charge is -2.45. The van der Waals surface area contributed by atoms with Gasteiger partial charge in [-0.05, 0) is 66.1 Å². The van der Waals surface area contributed by atoms with Gasteiger partial charge in [-0.15, -0.1) is 0 Å². The van der Waals surface area contributed by atoms with Crippen LogP contribution in [0.5, 0.6) is 5.75 Å². The van der Waals surface area contributed by atoms with Crippen LogP contribution in [0.4, 0.5) is 5.69 Å². The van der Waals surface area contributed by atoms with E-state index in [1.807, 2.05) is 0 Å². The van der Waals surface area contributed by atoms with Crippen molar-refractivity contribution >= 4 is 5.69 Å². The summed E-state index contributed by atoms with van der Waals surface area (Å²) in [4.78, 5) is 2.14. The molecule has 5 nitrogen and oxygen atoms in total. The van der Waals surface area contributed by atoms with Crippen LogP contribution in [0.1, 0.15) is 54.7 Å². The summed E-state index contributed by atoms with van der Waals surface area (Å²) in [5.74, 6) is 1.74. The highest BCUT2D eigenvalue weighted by Gasteiger charge is 2.52. The van der Waals surface area contributed by atoms with Gasteiger partial charge in [-0.3, -0.25) is 0 Å². The van der Waals surface area contributed by atoms with Gasteiger partial charge < -0.3 is 23.8 Å². The van der Waals surface area contributed by atoms with E-state index in [1.165, 1.54) is 22.4 Å². The van der Waals surface area contributed by atoms with Crippen LogP contribution >= 0.6 is 0 Å². The second-order valence-electron chi connectivity index (χ2n) is 9.55. The van der Waals surface area contributed by atoms with E-state index in [1.54, 1.807) is 14.2 Å². The highest BCUT2D eigenvalue weighted by molar-refractivity contribution is 5.52. The number of rotatable bonds is 9. The first-order valence-electron chi connectivity index (χ1n) is 11.6. The van der Waals surface area contributed by atoms with Crippen molar-refractivity contribution in [3.05, 3.63) is 59.2 Å². The Hall–Kier alpha value is -2.08. The first kappa shape index (κ1) is 23.1. The number of nitrogens with zero attached hydrogens (tertiary/aromatic N) is 1. The molecule has 2 aromatic carbocycles. The minimum Gasteiger partial charge on any atom is -0.497 e. The Morgan fingerprint density at radius 2 is 1.75 bits per heavy atom. The molecule has 5 heteroatoms. The topological polar surface area (TPSA) is 40.2 Å². The summed E-state index contributed by atoms with van der Waals surface area (Å²) in [5, 5.41) is 0. The van der Waals surface area contributed by atoms with Gasteiger partial charge in [0.25, 0.3) is 0 Å². The molecule has 2 aliphatic rings. The van der Waals surface area contributed by atoms with Crippen LogP contribution in [-0.4, -0.2) is 54.4 Å². The number of fused-ring (bicyclic) bond motifs is 3. The lowest BCUT2D eigenvalue weighted by atomic mass is 9.61. The van der Waals surface area contributed by atoms with Crippen molar-refractivity contribution in [1.82, 2.24) is 0 Å². The monoisotopic (exact) mass is 439 g/mol. The van der Waals surface area contributed by atoms with Gasteiger partial charge >= 0.3 is 0 Å². The van der Waals surface area contributed by atoms with Crippen LogP contribution in [0.3, 0.4) is 0 Å². The summed E-state index contributed by atoms with van der Waals surface area (Å²) in [6.45, 7) is 3.90. The zero-order chi connectivity index (χ0) is 22.7. The van der Waals surface area contributed by atoms with Gasteiger partial charge in [0.15, 0.2) is 0 Å². The average molecular weight is 440 g/mol. The number of benzene rings is 2. The predicted octanol–water partition coefficient (Wildman–Crippen LogP) is 5.19. The molecule has 0 amide bonds. The van der Waals surface area contributed by atoms with Gasteiger partial charge in [0.05, 0.1) is 26.4 Å². The second-order valence-corrected chi connectivity index (χ2v) is 9.55. The van der Waals surface area contributed by atoms with E-state index < -0.39 is 0 Å². The Morgan fingerprint density at radius 3 is 2.44 bits per heavy atom. The fourth-order valence-corrected chi connectivity index (χ4v) is 5.74. The maximum absolute atomic E-state index is 6.31. The van der Waals surface area contributed by atoms with Gasteiger partial charge in [-0.1, -0.05) is 25.1 Å². The average Bonchev–Trinajstić information content (AvgIpc) is 3.14. The quantitative estimate of drug-likeness (QED) is 0.397. The van der Waals surface area contributed by atoms with Crippen LogP contribution < -0.4 is 9.64 Å². The van der Waals surface area contributed by atoms with Crippen LogP contribution in [0.15, 0.2) is 42.5 Å². The van der Waals surface area contributed by atoms with Crippen molar-refractivity contribution in [2.24, 2.45) is 5.41 Å². The molecule has 0 heterocycles. The largest absolute Gasteiger partial charge is 0.497 e. The van der Waals surface area contributed by atoms with Gasteiger partial charge in [0, 0.05) is 38.2 Å². The Morgan fingerprint density at radius 1 is 0.969 bits per heavy atom. The molecule has 0 spiro atoms. The van der Waals surface area contributed by atoms with E-state index >= 15 is 0 Å². The third-order valence-electron chi connectivity index (χ3n) is 7.53. The first-order chi connectivity index (χ1) is 15.5. The SMILES string of the molecule is COCCOCO[C@H]1CC[C@@H]2c3ccc(OC)cc3[C@H](c3ccc(N(C)C)cc3)C[C@@]12C. The molecular formula is C27H37NO4. The van der Waals surface area contributed by atoms with Crippen LogP contribution in [-0.2, 0) is 14.2 Å². The number of methoxy groups -OCH3 is 2. The van der Waals surface area contributed by atoms with Crippen molar-refractivity contribution in [1.29, 1.82) is 0 Å². The minimum atomic E-state index is 0.0666. The third kappa shape index (κ3) is 4.39. The molecule has 1 saturated carbocycles. The van der Waals surface area contributed by atoms with Gasteiger partial charge in [-0.25, -0.2) is 0 Å². The molecule has 0 unspecified atom stereocenters. The van der Waals surface area contributed by atoms with E-state index in [2.05, 4.69) is 68.4 Å². The smallest absolute Gasteiger partial charge is 0.147 e. The number of hydrogen-bond donors (Lipinski definition) is 0. The Balaban J connectivity index is 1.64. The molecule has 174 valence electrons. The van der Waals surface area contributed by atoms with Crippen molar-refractivity contribution < 1.29 is 18.9 Å². The van der Waals surface area contributed by atoms with E-state index in [0.717, 1.165) is 25.0 Å². The van der Waals surface area contributed by atoms with Crippen LogP contribution in [0, 0.1) is 5.41 Å². The van der Waals surface area contributed by atoms with Gasteiger partial charge in [0.2, 0.25) is 0 Å². The fraction of sp³-hybridized carbons (Fsp3) is 0.556. The molecular weight excluding hydrogens is 402 g/mol. The second kappa shape index (κ2) is 9.82. The number of ether oxygens (including phenoxy) is 4. The van der Waals surface area contributed by atoms with E-state index in [4.69, 9.17) is 18.9 Å². The molecule has 2 aromatic rings. The summed E-state index contributed by atoms with van der Waals surface area (Å²) in [7, 11) is 7.60. The summed E-state index contributed by atoms with van der Waals surface area (Å²) >= 11 is 0. The van der Waals surface area contributed by atoms with Crippen molar-refractivity contribution in [2.45, 2.75) is 44.1 Å². The lowest BCUT2D eigenvalue weighted by molar-refractivity contribution is -0.128. The van der Waals surface area contributed by atoms with E-state index in [0.29, 0.717) is 31.8 Å². The molecule has 32 heavy (non-hydrogen) atoms. The Kier molecular flexibility index (Phi) is 7.08. The Labute approximate surface area is 192 Å². The fourth-order valence-electron chi connectivity index (χ4n) is 5.74. The minimum absolute atomic E-state index is 0.0666. The molecule has 0 aromatic heterocycles. The lowest BCUT2D eigenvalue weighted by Crippen LogP contribution is -2.39. The number of anilines is 1. The standard InChI is InChI=1S/C27H37NO4/c1-27-17-24(19-6-8-20(9-7-19)28(2)3)23-16-21(30-5)10-11-22(23)25(27)12-13-26(27)32-18-31-15-14-29-4/h6-11,16,24-26H,12-15,17-18H2,1-5H3/t24-,25+,26-,27+/m0/s1. The first-order valence-corrected chi connectivity index (χ1v) is 11.6. The Bertz CT molecular complexity index is 897. The van der Waals surface area contributed by atoms with Gasteiger partial charge in [-0.2, -0.15) is 0 Å². The van der Waals surface area contributed by atoms with Crippen LogP contribution in [0.2, 0.25) is 0 Å². The molecule has 1 fully saturated rings. The summed E-state index contributed by atoms with van der Waals surface area (Å²) in [6, 6.07) is 15.7. The molecule has 0 N–H and O–H groups in total. The zero-order valence-electron chi connectivity index (χ0n) is 20.1. The highest BCUT2D eigenvalue weighted by atomic mass is 16.7. The van der Waals surface area contributed by atoms with Crippen molar-refractivity contribution in [3.8, 4) is 5.75 Å². The van der Waals surface area contributed by atoms with Gasteiger partial charge in [0.1, 0.15) is 12.5 Å². The maximum Gasteiger partial charge on any atom is 0.147 e. The summed E-state index contributed by atoms with van der Waals surface area (Å²) in [6.07, 6.45) is 3.45. The summed E-state index contributed by atoms with van der Waals surface area (Å²) < 4.78 is 22.6. The maximum atomic E-state index is 6.31. The van der Waals surface area contributed by atoms with E-state index in [-0.39, 0.29) is 11.5 Å². The zero-order valence-corrected chi connectivity index (χ0v) is 20.1. The van der Waals surface area contributed by atoms with Crippen molar-refractivity contribution in [3.63, 3.8) is 0 Å². The highest BCUT2D eigenvalue weighted by Crippen LogP contribution is 2.61. The van der Waals surface area contributed by atoms with Crippen LogP contribution in [0.25, 0.3) is 0 Å². The predicted molar refractivity (Wildman–Crippen MR) is 128 cm³/mol. The van der Waals surface area contributed by atoms with E-state index in [9.17, 15) is 0 Å². The van der Waals surface area contributed by atoms with Crippen molar-refractivity contribution in [2.75, 3.05) is 53.2 Å². The molecule has 0 aliphatic heterocycles. The molecule has 0 radical (unpaired) electrons. The molecule has 4 rings (SSSR count). The molecule has 4 atom stereocenters.